The van der Waals surface area contributed by atoms with Gasteiger partial charge in [-0.15, -0.1) is 0 Å². The molecule has 0 fully saturated rings. The first-order chi connectivity index (χ1) is 17.9. The monoisotopic (exact) mass is 527 g/mol. The van der Waals surface area contributed by atoms with Gasteiger partial charge in [0.25, 0.3) is 0 Å². The van der Waals surface area contributed by atoms with E-state index < -0.39 is 16.0 Å². The van der Waals surface area contributed by atoms with Crippen LogP contribution in [0.3, 0.4) is 0 Å². The second kappa shape index (κ2) is 14.1. The molecule has 3 aromatic rings. The first-order valence-electron chi connectivity index (χ1n) is 12.1. The first-order valence-corrected chi connectivity index (χ1v) is 14.0. The predicted molar refractivity (Wildman–Crippen MR) is 143 cm³/mol. The van der Waals surface area contributed by atoms with Crippen LogP contribution in [0.15, 0.2) is 72.8 Å². The third-order valence-corrected chi connectivity index (χ3v) is 5.92. The number of rotatable bonds is 15. The lowest BCUT2D eigenvalue weighted by Gasteiger charge is -2.14. The fraction of sp³-hybridized carbons (Fsp3) is 0.321. The lowest BCUT2D eigenvalue weighted by Crippen LogP contribution is -2.12. The molecular weight excluding hydrogens is 494 g/mol. The minimum atomic E-state index is -3.48. The van der Waals surface area contributed by atoms with Gasteiger partial charge >= 0.3 is 5.97 Å². The molecule has 0 aliphatic heterocycles. The summed E-state index contributed by atoms with van der Waals surface area (Å²) < 4.78 is 47.7. The molecule has 0 aromatic heterocycles. The summed E-state index contributed by atoms with van der Waals surface area (Å²) in [6, 6.07) is 22.1. The van der Waals surface area contributed by atoms with Gasteiger partial charge in [-0.25, -0.2) is 13.2 Å². The maximum atomic E-state index is 12.2. The third-order valence-electron chi connectivity index (χ3n) is 5.32. The average Bonchev–Trinajstić information content (AvgIpc) is 2.89. The Bertz CT molecular complexity index is 1250. The van der Waals surface area contributed by atoms with Crippen molar-refractivity contribution in [3.8, 4) is 17.2 Å². The Hall–Kier alpha value is -3.72. The number of esters is 1. The summed E-state index contributed by atoms with van der Waals surface area (Å²) in [5.74, 6) is 1.43. The van der Waals surface area contributed by atoms with Crippen molar-refractivity contribution in [1.29, 1.82) is 0 Å². The number of benzene rings is 3. The van der Waals surface area contributed by atoms with E-state index in [1.165, 1.54) is 19.2 Å². The van der Waals surface area contributed by atoms with Crippen LogP contribution in [0.2, 0.25) is 0 Å². The number of nitrogens with one attached hydrogen (secondary N) is 1. The molecule has 0 aliphatic rings. The highest BCUT2D eigenvalue weighted by atomic mass is 32.2. The van der Waals surface area contributed by atoms with Gasteiger partial charge in [0.15, 0.2) is 0 Å². The van der Waals surface area contributed by atoms with Gasteiger partial charge in [0, 0.05) is 5.69 Å². The van der Waals surface area contributed by atoms with E-state index in [4.69, 9.17) is 18.9 Å². The molecule has 0 amide bonds. The van der Waals surface area contributed by atoms with Gasteiger partial charge in [0.2, 0.25) is 10.0 Å². The molecule has 8 nitrogen and oxygen atoms in total. The lowest BCUT2D eigenvalue weighted by atomic mass is 10.1. The topological polar surface area (TPSA) is 100 Å². The molecule has 0 saturated carbocycles. The van der Waals surface area contributed by atoms with E-state index in [0.29, 0.717) is 32.0 Å². The molecule has 0 aliphatic carbocycles. The number of ether oxygens (including phenoxy) is 4. The highest BCUT2D eigenvalue weighted by Gasteiger charge is 2.15. The van der Waals surface area contributed by atoms with Crippen molar-refractivity contribution in [2.24, 2.45) is 0 Å². The Kier molecular flexibility index (Phi) is 10.6. The molecule has 198 valence electrons. The van der Waals surface area contributed by atoms with Crippen molar-refractivity contribution in [1.82, 2.24) is 0 Å². The van der Waals surface area contributed by atoms with Crippen LogP contribution < -0.4 is 18.9 Å². The zero-order chi connectivity index (χ0) is 26.5. The van der Waals surface area contributed by atoms with Crippen molar-refractivity contribution < 1.29 is 32.2 Å². The van der Waals surface area contributed by atoms with Crippen LogP contribution in [0.4, 0.5) is 5.69 Å². The summed E-state index contributed by atoms with van der Waals surface area (Å²) in [5, 5.41) is 0. The van der Waals surface area contributed by atoms with Gasteiger partial charge in [-0.3, -0.25) is 4.72 Å². The van der Waals surface area contributed by atoms with Gasteiger partial charge in [0.05, 0.1) is 33.2 Å². The van der Waals surface area contributed by atoms with Gasteiger partial charge in [-0.05, 0) is 67.6 Å². The fourth-order valence-electron chi connectivity index (χ4n) is 3.59. The standard InChI is InChI=1S/C28H33NO7S/c1-33-28(30)25-21-23(29-37(2,31)32)16-17-27(25)36-20-10-12-22-11-6-7-15-26(22)35-19-9-8-18-34-24-13-4-3-5-14-24/h3-7,11,13-17,21,29H,8-10,12,18-20H2,1-2H3. The predicted octanol–water partition coefficient (Wildman–Crippen LogP) is 5.09. The Labute approximate surface area is 218 Å². The van der Waals surface area contributed by atoms with E-state index >= 15 is 0 Å². The smallest absolute Gasteiger partial charge is 0.341 e. The van der Waals surface area contributed by atoms with Crippen LogP contribution in [0.5, 0.6) is 17.2 Å². The quantitative estimate of drug-likeness (QED) is 0.217. The Morgan fingerprint density at radius 2 is 1.43 bits per heavy atom. The van der Waals surface area contributed by atoms with Gasteiger partial charge in [-0.1, -0.05) is 36.4 Å². The number of methoxy groups -OCH3 is 1. The van der Waals surface area contributed by atoms with E-state index in [-0.39, 0.29) is 11.3 Å². The van der Waals surface area contributed by atoms with E-state index in [2.05, 4.69) is 4.72 Å². The maximum absolute atomic E-state index is 12.2. The number of sulfonamides is 1. The fourth-order valence-corrected chi connectivity index (χ4v) is 4.15. The SMILES string of the molecule is COC(=O)c1cc(NS(C)(=O)=O)ccc1OCCCc1ccccc1OCCCCOc1ccccc1. The summed E-state index contributed by atoms with van der Waals surface area (Å²) in [4.78, 5) is 12.2. The number of carbonyl (C=O) groups excluding carboxylic acids is 1. The number of hydrogen-bond donors (Lipinski definition) is 1. The molecule has 0 saturated heterocycles. The average molecular weight is 528 g/mol. The molecule has 0 atom stereocenters. The molecule has 1 N–H and O–H groups in total. The molecule has 0 heterocycles. The van der Waals surface area contributed by atoms with Crippen LogP contribution in [0.25, 0.3) is 0 Å². The van der Waals surface area contributed by atoms with E-state index in [0.717, 1.165) is 42.6 Å². The van der Waals surface area contributed by atoms with Gasteiger partial charge in [-0.2, -0.15) is 0 Å². The number of aryl methyl sites for hydroxylation is 1. The number of para-hydroxylation sites is 2. The summed E-state index contributed by atoms with van der Waals surface area (Å²) in [5.41, 5.74) is 1.48. The van der Waals surface area contributed by atoms with E-state index in [1.54, 1.807) is 6.07 Å². The highest BCUT2D eigenvalue weighted by molar-refractivity contribution is 7.92. The molecule has 37 heavy (non-hydrogen) atoms. The zero-order valence-corrected chi connectivity index (χ0v) is 22.0. The molecule has 3 aromatic carbocycles. The van der Waals surface area contributed by atoms with Crippen LogP contribution in [-0.4, -0.2) is 47.6 Å². The minimum Gasteiger partial charge on any atom is -0.494 e. The molecule has 9 heteroatoms. The maximum Gasteiger partial charge on any atom is 0.341 e. The van der Waals surface area contributed by atoms with Gasteiger partial charge < -0.3 is 18.9 Å². The number of hydrogen-bond acceptors (Lipinski definition) is 7. The summed E-state index contributed by atoms with van der Waals surface area (Å²) in [6.07, 6.45) is 4.23. The van der Waals surface area contributed by atoms with Crippen LogP contribution in [-0.2, 0) is 21.2 Å². The molecule has 3 rings (SSSR count). The van der Waals surface area contributed by atoms with E-state index in [1.807, 2.05) is 54.6 Å². The van der Waals surface area contributed by atoms with E-state index in [9.17, 15) is 13.2 Å². The second-order valence-electron chi connectivity index (χ2n) is 8.35. The van der Waals surface area contributed by atoms with Gasteiger partial charge in [0.1, 0.15) is 22.8 Å². The van der Waals surface area contributed by atoms with Crippen molar-refractivity contribution in [2.75, 3.05) is 37.9 Å². The second-order valence-corrected chi connectivity index (χ2v) is 10.1. The normalized spacial score (nSPS) is 11.0. The highest BCUT2D eigenvalue weighted by Crippen LogP contribution is 2.25. The van der Waals surface area contributed by atoms with Crippen LogP contribution >= 0.6 is 0 Å². The minimum absolute atomic E-state index is 0.149. The summed E-state index contributed by atoms with van der Waals surface area (Å²) in [6.45, 7) is 1.60. The Morgan fingerprint density at radius 1 is 0.784 bits per heavy atom. The zero-order valence-electron chi connectivity index (χ0n) is 21.1. The van der Waals surface area contributed by atoms with Crippen molar-refractivity contribution in [3.05, 3.63) is 83.9 Å². The van der Waals surface area contributed by atoms with Crippen molar-refractivity contribution >= 4 is 21.7 Å². The summed E-state index contributed by atoms with van der Waals surface area (Å²) >= 11 is 0. The summed E-state index contributed by atoms with van der Waals surface area (Å²) in [7, 11) is -2.22. The number of carbonyl (C=O) groups is 1. The molecule has 0 bridgehead atoms. The third kappa shape index (κ3) is 9.69. The van der Waals surface area contributed by atoms with Crippen LogP contribution in [0.1, 0.15) is 35.2 Å². The molecule has 0 spiro atoms. The number of unbranched alkanes of at least 4 members (excludes halogenated alkanes) is 1. The molecule has 0 unspecified atom stereocenters. The lowest BCUT2D eigenvalue weighted by molar-refractivity contribution is 0.0596. The Morgan fingerprint density at radius 3 is 2.16 bits per heavy atom. The molecular formula is C28H33NO7S. The van der Waals surface area contributed by atoms with Crippen molar-refractivity contribution in [2.45, 2.75) is 25.7 Å². The van der Waals surface area contributed by atoms with Crippen LogP contribution in [0, 0.1) is 0 Å². The number of anilines is 1. The first kappa shape index (κ1) is 27.9. The molecule has 0 radical (unpaired) electrons. The largest absolute Gasteiger partial charge is 0.494 e. The van der Waals surface area contributed by atoms with Crippen molar-refractivity contribution in [3.63, 3.8) is 0 Å². The Balaban J connectivity index is 1.46.